The molecule has 1 N–H and O–H groups in total. The predicted octanol–water partition coefficient (Wildman–Crippen LogP) is 5.38. The van der Waals surface area contributed by atoms with E-state index < -0.39 is 5.97 Å². The standard InChI is InChI=1S/C23H20N2O2/c1-15(2)22-19(12-13-20(26)27)21(16-8-4-3-5-9-16)23-18-11-7-6-10-17(18)14-24-25(22)23/h3-15H,1-2H3,(H,26,27). The van der Waals surface area contributed by atoms with Gasteiger partial charge in [0.15, 0.2) is 0 Å². The number of nitrogens with zero attached hydrogens (tertiary/aromatic N) is 2. The van der Waals surface area contributed by atoms with E-state index in [1.807, 2.05) is 47.1 Å². The molecule has 0 saturated carbocycles. The highest BCUT2D eigenvalue weighted by Crippen LogP contribution is 2.39. The Kier molecular flexibility index (Phi) is 4.24. The molecule has 27 heavy (non-hydrogen) atoms. The van der Waals surface area contributed by atoms with Crippen LogP contribution in [-0.4, -0.2) is 20.7 Å². The van der Waals surface area contributed by atoms with Gasteiger partial charge in [-0.1, -0.05) is 68.4 Å². The summed E-state index contributed by atoms with van der Waals surface area (Å²) >= 11 is 0. The summed E-state index contributed by atoms with van der Waals surface area (Å²) in [6.07, 6.45) is 4.77. The molecule has 0 saturated heterocycles. The Labute approximate surface area is 157 Å². The van der Waals surface area contributed by atoms with Crippen LogP contribution in [0.25, 0.3) is 33.5 Å². The number of carboxylic acid groups (broad SMARTS) is 1. The van der Waals surface area contributed by atoms with E-state index in [0.29, 0.717) is 0 Å². The molecule has 4 aromatic rings. The zero-order valence-electron chi connectivity index (χ0n) is 15.3. The quantitative estimate of drug-likeness (QED) is 0.500. The minimum absolute atomic E-state index is 0.178. The monoisotopic (exact) mass is 356 g/mol. The average Bonchev–Trinajstić information content (AvgIpc) is 3.01. The van der Waals surface area contributed by atoms with E-state index in [1.165, 1.54) is 6.08 Å². The largest absolute Gasteiger partial charge is 0.478 e. The molecule has 0 spiro atoms. The highest BCUT2D eigenvalue weighted by atomic mass is 16.4. The van der Waals surface area contributed by atoms with E-state index in [-0.39, 0.29) is 5.92 Å². The molecule has 134 valence electrons. The summed E-state index contributed by atoms with van der Waals surface area (Å²) in [5.41, 5.74) is 4.98. The second kappa shape index (κ2) is 6.72. The van der Waals surface area contributed by atoms with Gasteiger partial charge in [-0.15, -0.1) is 0 Å². The summed E-state index contributed by atoms with van der Waals surface area (Å²) in [5, 5.41) is 16.1. The van der Waals surface area contributed by atoms with Crippen LogP contribution >= 0.6 is 0 Å². The third kappa shape index (κ3) is 2.89. The Bertz CT molecular complexity index is 1170. The molecule has 0 unspecified atom stereocenters. The van der Waals surface area contributed by atoms with Gasteiger partial charge in [0.25, 0.3) is 0 Å². The smallest absolute Gasteiger partial charge is 0.328 e. The summed E-state index contributed by atoms with van der Waals surface area (Å²) in [7, 11) is 0. The van der Waals surface area contributed by atoms with Gasteiger partial charge in [-0.25, -0.2) is 9.31 Å². The van der Waals surface area contributed by atoms with Crippen LogP contribution in [0.2, 0.25) is 0 Å². The van der Waals surface area contributed by atoms with Gasteiger partial charge < -0.3 is 5.11 Å². The molecule has 4 rings (SSSR count). The Morgan fingerprint density at radius 3 is 2.48 bits per heavy atom. The number of hydrogen-bond donors (Lipinski definition) is 1. The molecule has 0 bridgehead atoms. The first kappa shape index (κ1) is 17.0. The number of aromatic nitrogens is 2. The third-order valence-corrected chi connectivity index (χ3v) is 4.75. The maximum absolute atomic E-state index is 11.2. The van der Waals surface area contributed by atoms with Crippen LogP contribution in [-0.2, 0) is 4.79 Å². The van der Waals surface area contributed by atoms with Gasteiger partial charge in [0.1, 0.15) is 0 Å². The van der Waals surface area contributed by atoms with Crippen LogP contribution < -0.4 is 0 Å². The molecule has 0 atom stereocenters. The molecule has 2 aromatic carbocycles. The maximum atomic E-state index is 11.2. The molecule has 0 amide bonds. The summed E-state index contributed by atoms with van der Waals surface area (Å²) in [4.78, 5) is 11.2. The summed E-state index contributed by atoms with van der Waals surface area (Å²) in [6.45, 7) is 4.21. The first-order chi connectivity index (χ1) is 13.1. The van der Waals surface area contributed by atoms with Gasteiger partial charge in [0, 0.05) is 28.0 Å². The zero-order chi connectivity index (χ0) is 19.0. The van der Waals surface area contributed by atoms with Crippen molar-refractivity contribution >= 4 is 28.3 Å². The molecule has 0 aliphatic heterocycles. The number of carbonyl (C=O) groups is 1. The molecule has 0 radical (unpaired) electrons. The Hall–Kier alpha value is -3.40. The van der Waals surface area contributed by atoms with E-state index in [1.54, 1.807) is 6.08 Å². The topological polar surface area (TPSA) is 54.6 Å². The minimum Gasteiger partial charge on any atom is -0.478 e. The fourth-order valence-corrected chi connectivity index (χ4v) is 3.69. The lowest BCUT2D eigenvalue weighted by Gasteiger charge is -2.08. The van der Waals surface area contributed by atoms with Crippen molar-refractivity contribution in [2.45, 2.75) is 19.8 Å². The number of rotatable bonds is 4. The van der Waals surface area contributed by atoms with Gasteiger partial charge >= 0.3 is 5.97 Å². The highest BCUT2D eigenvalue weighted by Gasteiger charge is 2.22. The second-order valence-electron chi connectivity index (χ2n) is 6.86. The summed E-state index contributed by atoms with van der Waals surface area (Å²) in [5.74, 6) is -0.783. The van der Waals surface area contributed by atoms with Gasteiger partial charge in [-0.2, -0.15) is 5.10 Å². The van der Waals surface area contributed by atoms with E-state index in [2.05, 4.69) is 32.0 Å². The van der Waals surface area contributed by atoms with Gasteiger partial charge in [0.05, 0.1) is 17.4 Å². The number of carboxylic acids is 1. The number of hydrogen-bond acceptors (Lipinski definition) is 2. The van der Waals surface area contributed by atoms with Crippen LogP contribution in [0.3, 0.4) is 0 Å². The first-order valence-corrected chi connectivity index (χ1v) is 8.96. The summed E-state index contributed by atoms with van der Waals surface area (Å²) in [6, 6.07) is 18.2. The van der Waals surface area contributed by atoms with E-state index in [9.17, 15) is 9.90 Å². The predicted molar refractivity (Wildman–Crippen MR) is 109 cm³/mol. The van der Waals surface area contributed by atoms with Crippen molar-refractivity contribution in [2.75, 3.05) is 0 Å². The number of benzene rings is 2. The van der Waals surface area contributed by atoms with Crippen molar-refractivity contribution in [3.8, 4) is 11.1 Å². The summed E-state index contributed by atoms with van der Waals surface area (Å²) < 4.78 is 1.97. The van der Waals surface area contributed by atoms with Crippen molar-refractivity contribution < 1.29 is 9.90 Å². The SMILES string of the molecule is CC(C)c1c(C=CC(=O)O)c(-c2ccccc2)c2c3ccccc3cnn12. The third-order valence-electron chi connectivity index (χ3n) is 4.75. The van der Waals surface area contributed by atoms with Crippen molar-refractivity contribution in [1.82, 2.24) is 9.61 Å². The molecular weight excluding hydrogens is 336 g/mol. The average molecular weight is 356 g/mol. The number of fused-ring (bicyclic) bond motifs is 3. The Balaban J connectivity index is 2.23. The first-order valence-electron chi connectivity index (χ1n) is 8.96. The van der Waals surface area contributed by atoms with Gasteiger partial charge in [0.2, 0.25) is 0 Å². The van der Waals surface area contributed by atoms with Crippen molar-refractivity contribution in [2.24, 2.45) is 0 Å². The fourth-order valence-electron chi connectivity index (χ4n) is 3.69. The fraction of sp³-hybridized carbons (Fsp3) is 0.130. The lowest BCUT2D eigenvalue weighted by Crippen LogP contribution is -2.00. The normalized spacial score (nSPS) is 11.8. The zero-order valence-corrected chi connectivity index (χ0v) is 15.3. The van der Waals surface area contributed by atoms with E-state index >= 15 is 0 Å². The van der Waals surface area contributed by atoms with E-state index in [0.717, 1.165) is 38.7 Å². The molecule has 4 heteroatoms. The van der Waals surface area contributed by atoms with Crippen LogP contribution in [0.4, 0.5) is 0 Å². The van der Waals surface area contributed by atoms with E-state index in [4.69, 9.17) is 5.10 Å². The highest BCUT2D eigenvalue weighted by molar-refractivity contribution is 6.06. The molecular formula is C23H20N2O2. The van der Waals surface area contributed by atoms with Gasteiger partial charge in [-0.05, 0) is 17.6 Å². The van der Waals surface area contributed by atoms with Crippen LogP contribution in [0.15, 0.2) is 66.9 Å². The van der Waals surface area contributed by atoms with Crippen molar-refractivity contribution in [1.29, 1.82) is 0 Å². The maximum Gasteiger partial charge on any atom is 0.328 e. The Morgan fingerprint density at radius 1 is 1.07 bits per heavy atom. The molecule has 2 heterocycles. The van der Waals surface area contributed by atoms with Crippen molar-refractivity contribution in [3.63, 3.8) is 0 Å². The van der Waals surface area contributed by atoms with Gasteiger partial charge in [-0.3, -0.25) is 0 Å². The molecule has 0 fully saturated rings. The lowest BCUT2D eigenvalue weighted by molar-refractivity contribution is -0.131. The van der Waals surface area contributed by atoms with Crippen molar-refractivity contribution in [3.05, 3.63) is 78.1 Å². The minimum atomic E-state index is -0.961. The second-order valence-corrected chi connectivity index (χ2v) is 6.86. The molecule has 2 aromatic heterocycles. The van der Waals surface area contributed by atoms with Crippen LogP contribution in [0.1, 0.15) is 31.0 Å². The molecule has 4 nitrogen and oxygen atoms in total. The molecule has 0 aliphatic rings. The molecule has 0 aliphatic carbocycles. The van der Waals surface area contributed by atoms with Crippen LogP contribution in [0.5, 0.6) is 0 Å². The van der Waals surface area contributed by atoms with Crippen LogP contribution in [0, 0.1) is 0 Å². The lowest BCUT2D eigenvalue weighted by atomic mass is 9.96. The Morgan fingerprint density at radius 2 is 1.78 bits per heavy atom. The number of aliphatic carboxylic acids is 1.